The van der Waals surface area contributed by atoms with Crippen LogP contribution in [0.15, 0.2) is 36.4 Å². The lowest BCUT2D eigenvalue weighted by molar-refractivity contribution is -0.116. The Bertz CT molecular complexity index is 675. The Hall–Kier alpha value is -1.85. The van der Waals surface area contributed by atoms with E-state index in [-0.39, 0.29) is 18.7 Å². The minimum absolute atomic E-state index is 0.0674. The number of hydrogen-bond donors (Lipinski definition) is 2. The standard InChI is InChI=1S/C15H12Cl2F2N2O/c16-10-2-1-3-11(17)15(10)20-7-6-14(22)21-13-5-4-9(18)8-12(13)19/h1-5,8,20H,6-7H2,(H,21,22). The molecule has 22 heavy (non-hydrogen) atoms. The van der Waals surface area contributed by atoms with Crippen molar-refractivity contribution in [1.82, 2.24) is 0 Å². The van der Waals surface area contributed by atoms with Crippen LogP contribution in [0.1, 0.15) is 6.42 Å². The van der Waals surface area contributed by atoms with Gasteiger partial charge in [0.2, 0.25) is 5.91 Å². The van der Waals surface area contributed by atoms with Gasteiger partial charge in [-0.25, -0.2) is 8.78 Å². The maximum Gasteiger partial charge on any atom is 0.226 e. The summed E-state index contributed by atoms with van der Waals surface area (Å²) in [6.07, 6.45) is 0.0678. The van der Waals surface area contributed by atoms with Crippen molar-refractivity contribution in [1.29, 1.82) is 0 Å². The van der Waals surface area contributed by atoms with E-state index >= 15 is 0 Å². The summed E-state index contributed by atoms with van der Waals surface area (Å²) in [5.41, 5.74) is 0.466. The number of halogens is 4. The molecular formula is C15H12Cl2F2N2O. The van der Waals surface area contributed by atoms with Crippen molar-refractivity contribution >= 4 is 40.5 Å². The van der Waals surface area contributed by atoms with Gasteiger partial charge in [-0.2, -0.15) is 0 Å². The highest BCUT2D eigenvalue weighted by Gasteiger charge is 2.09. The molecule has 0 bridgehead atoms. The summed E-state index contributed by atoms with van der Waals surface area (Å²) in [6.45, 7) is 0.262. The number of benzene rings is 2. The highest BCUT2D eigenvalue weighted by molar-refractivity contribution is 6.39. The van der Waals surface area contributed by atoms with Gasteiger partial charge in [-0.3, -0.25) is 4.79 Å². The lowest BCUT2D eigenvalue weighted by atomic mass is 10.2. The topological polar surface area (TPSA) is 41.1 Å². The zero-order valence-electron chi connectivity index (χ0n) is 11.3. The summed E-state index contributed by atoms with van der Waals surface area (Å²) in [7, 11) is 0. The molecule has 0 saturated carbocycles. The monoisotopic (exact) mass is 344 g/mol. The molecule has 116 valence electrons. The predicted octanol–water partition coefficient (Wildman–Crippen LogP) is 4.71. The molecule has 0 unspecified atom stereocenters. The van der Waals surface area contributed by atoms with Gasteiger partial charge in [0, 0.05) is 19.0 Å². The predicted molar refractivity (Wildman–Crippen MR) is 84.6 cm³/mol. The zero-order chi connectivity index (χ0) is 16.1. The van der Waals surface area contributed by atoms with Crippen molar-refractivity contribution in [3.8, 4) is 0 Å². The number of carbonyl (C=O) groups is 1. The van der Waals surface area contributed by atoms with Crippen LogP contribution in [0.5, 0.6) is 0 Å². The van der Waals surface area contributed by atoms with Crippen LogP contribution in [-0.2, 0) is 4.79 Å². The Morgan fingerprint density at radius 1 is 1.09 bits per heavy atom. The molecule has 0 spiro atoms. The molecule has 7 heteroatoms. The van der Waals surface area contributed by atoms with Crippen LogP contribution < -0.4 is 10.6 Å². The fraction of sp³-hybridized carbons (Fsp3) is 0.133. The molecule has 0 aromatic heterocycles. The van der Waals surface area contributed by atoms with Crippen LogP contribution in [-0.4, -0.2) is 12.5 Å². The van der Waals surface area contributed by atoms with Gasteiger partial charge in [0.15, 0.2) is 0 Å². The molecule has 0 atom stereocenters. The molecule has 0 aliphatic rings. The van der Waals surface area contributed by atoms with E-state index in [1.807, 2.05) is 0 Å². The minimum atomic E-state index is -0.824. The van der Waals surface area contributed by atoms with Gasteiger partial charge in [0.05, 0.1) is 21.4 Å². The first-order valence-electron chi connectivity index (χ1n) is 6.40. The van der Waals surface area contributed by atoms with Crippen molar-refractivity contribution < 1.29 is 13.6 Å². The minimum Gasteiger partial charge on any atom is -0.382 e. The molecule has 0 aliphatic heterocycles. The highest BCUT2D eigenvalue weighted by Crippen LogP contribution is 2.29. The third-order valence-corrected chi connectivity index (χ3v) is 3.45. The molecule has 2 rings (SSSR count). The van der Waals surface area contributed by atoms with E-state index in [4.69, 9.17) is 23.2 Å². The average Bonchev–Trinajstić information content (AvgIpc) is 2.45. The summed E-state index contributed by atoms with van der Waals surface area (Å²) in [4.78, 5) is 11.7. The van der Waals surface area contributed by atoms with Crippen LogP contribution in [0.4, 0.5) is 20.2 Å². The van der Waals surface area contributed by atoms with E-state index < -0.39 is 17.5 Å². The molecule has 2 aromatic carbocycles. The van der Waals surface area contributed by atoms with E-state index in [1.165, 1.54) is 6.07 Å². The molecule has 2 aromatic rings. The summed E-state index contributed by atoms with van der Waals surface area (Å²) in [5.74, 6) is -1.94. The molecular weight excluding hydrogens is 333 g/mol. The van der Waals surface area contributed by atoms with Gasteiger partial charge in [-0.05, 0) is 24.3 Å². The van der Waals surface area contributed by atoms with Crippen LogP contribution in [0.3, 0.4) is 0 Å². The Labute approximate surface area is 136 Å². The second-order valence-electron chi connectivity index (χ2n) is 4.45. The van der Waals surface area contributed by atoms with Crippen molar-refractivity contribution in [2.45, 2.75) is 6.42 Å². The lowest BCUT2D eigenvalue weighted by Crippen LogP contribution is -2.17. The van der Waals surface area contributed by atoms with Crippen LogP contribution in [0.25, 0.3) is 0 Å². The smallest absolute Gasteiger partial charge is 0.226 e. The molecule has 1 amide bonds. The van der Waals surface area contributed by atoms with Gasteiger partial charge >= 0.3 is 0 Å². The second kappa shape index (κ2) is 7.42. The Morgan fingerprint density at radius 3 is 2.41 bits per heavy atom. The lowest BCUT2D eigenvalue weighted by Gasteiger charge is -2.10. The number of carbonyl (C=O) groups excluding carboxylic acids is 1. The Balaban J connectivity index is 1.88. The normalized spacial score (nSPS) is 10.4. The first kappa shape index (κ1) is 16.5. The maximum absolute atomic E-state index is 13.4. The average molecular weight is 345 g/mol. The van der Waals surface area contributed by atoms with E-state index in [2.05, 4.69) is 10.6 Å². The fourth-order valence-electron chi connectivity index (χ4n) is 1.77. The van der Waals surface area contributed by atoms with Crippen molar-refractivity contribution in [3.05, 3.63) is 58.1 Å². The van der Waals surface area contributed by atoms with Gasteiger partial charge in [-0.15, -0.1) is 0 Å². The first-order valence-corrected chi connectivity index (χ1v) is 7.16. The largest absolute Gasteiger partial charge is 0.382 e. The zero-order valence-corrected chi connectivity index (χ0v) is 12.8. The van der Waals surface area contributed by atoms with Gasteiger partial charge < -0.3 is 10.6 Å². The molecule has 0 aliphatic carbocycles. The number of hydrogen-bond acceptors (Lipinski definition) is 2. The van der Waals surface area contributed by atoms with Gasteiger partial charge in [-0.1, -0.05) is 29.3 Å². The van der Waals surface area contributed by atoms with Gasteiger partial charge in [0.1, 0.15) is 11.6 Å². The third-order valence-electron chi connectivity index (χ3n) is 2.82. The third kappa shape index (κ3) is 4.32. The summed E-state index contributed by atoms with van der Waals surface area (Å²) >= 11 is 12.0. The number of amides is 1. The summed E-state index contributed by atoms with van der Waals surface area (Å²) in [6, 6.07) is 7.99. The molecule has 0 fully saturated rings. The van der Waals surface area contributed by atoms with E-state index in [0.29, 0.717) is 21.8 Å². The molecule has 2 N–H and O–H groups in total. The van der Waals surface area contributed by atoms with Crippen molar-refractivity contribution in [3.63, 3.8) is 0 Å². The second-order valence-corrected chi connectivity index (χ2v) is 5.26. The fourth-order valence-corrected chi connectivity index (χ4v) is 2.30. The maximum atomic E-state index is 13.4. The summed E-state index contributed by atoms with van der Waals surface area (Å²) in [5, 5.41) is 6.19. The van der Waals surface area contributed by atoms with Crippen LogP contribution in [0.2, 0.25) is 10.0 Å². The van der Waals surface area contributed by atoms with Gasteiger partial charge in [0.25, 0.3) is 0 Å². The van der Waals surface area contributed by atoms with Crippen molar-refractivity contribution in [2.75, 3.05) is 17.2 Å². The number of nitrogens with one attached hydrogen (secondary N) is 2. The van der Waals surface area contributed by atoms with Crippen LogP contribution in [0, 0.1) is 11.6 Å². The number of anilines is 2. The van der Waals surface area contributed by atoms with E-state index in [9.17, 15) is 13.6 Å². The van der Waals surface area contributed by atoms with Crippen molar-refractivity contribution in [2.24, 2.45) is 0 Å². The molecule has 0 heterocycles. The summed E-state index contributed by atoms with van der Waals surface area (Å²) < 4.78 is 26.2. The van der Waals surface area contributed by atoms with Crippen LogP contribution >= 0.6 is 23.2 Å². The first-order chi connectivity index (χ1) is 10.5. The Kier molecular flexibility index (Phi) is 5.57. The molecule has 0 radical (unpaired) electrons. The quantitative estimate of drug-likeness (QED) is 0.824. The molecule has 0 saturated heterocycles. The molecule has 3 nitrogen and oxygen atoms in total. The number of rotatable bonds is 5. The Morgan fingerprint density at radius 2 is 1.77 bits per heavy atom. The number of para-hydroxylation sites is 1. The highest BCUT2D eigenvalue weighted by atomic mass is 35.5. The van der Waals surface area contributed by atoms with E-state index in [1.54, 1.807) is 18.2 Å². The SMILES string of the molecule is O=C(CCNc1c(Cl)cccc1Cl)Nc1ccc(F)cc1F. The van der Waals surface area contributed by atoms with E-state index in [0.717, 1.165) is 6.07 Å².